The van der Waals surface area contributed by atoms with Gasteiger partial charge in [0.1, 0.15) is 13.2 Å². The molecule has 0 bridgehead atoms. The number of hydrogen-bond donors (Lipinski definition) is 3. The lowest BCUT2D eigenvalue weighted by atomic mass is 10.0. The molecule has 0 saturated carbocycles. The number of nitrogens with zero attached hydrogens (tertiary/aromatic N) is 1. The molecule has 0 fully saturated rings. The average molecular weight is 742 g/mol. The lowest BCUT2D eigenvalue weighted by molar-refractivity contribution is -0.870. The van der Waals surface area contributed by atoms with Gasteiger partial charge in [0.15, 0.2) is 0 Å². The number of unbranched alkanes of at least 4 members (excludes halogenated alkanes) is 18. The summed E-state index contributed by atoms with van der Waals surface area (Å²) in [6.45, 7) is 4.74. The molecule has 1 amide bonds. The SMILES string of the molecule is CC/C=C\C/C=C\C/C=C\CCCCCC(=O)NC(COP(=O)(O)OCC[N+](C)(C)C)C(O)CCCCCCCCCCCCCCCCCC. The first kappa shape index (κ1) is 49.7. The zero-order valence-corrected chi connectivity index (χ0v) is 34.7. The van der Waals surface area contributed by atoms with Gasteiger partial charge in [-0.05, 0) is 44.9 Å². The van der Waals surface area contributed by atoms with Crippen LogP contribution < -0.4 is 5.32 Å². The topological polar surface area (TPSA) is 105 Å². The van der Waals surface area contributed by atoms with Gasteiger partial charge in [0.2, 0.25) is 5.91 Å². The van der Waals surface area contributed by atoms with Gasteiger partial charge in [-0.3, -0.25) is 13.8 Å². The maximum absolute atomic E-state index is 12.8. The van der Waals surface area contributed by atoms with E-state index in [9.17, 15) is 19.4 Å². The minimum absolute atomic E-state index is 0.0680. The Bertz CT molecular complexity index is 933. The van der Waals surface area contributed by atoms with Crippen molar-refractivity contribution in [2.45, 2.75) is 187 Å². The van der Waals surface area contributed by atoms with Crippen molar-refractivity contribution >= 4 is 13.7 Å². The highest BCUT2D eigenvalue weighted by Crippen LogP contribution is 2.43. The molecule has 0 aliphatic carbocycles. The number of amides is 1. The Balaban J connectivity index is 4.45. The van der Waals surface area contributed by atoms with Crippen molar-refractivity contribution in [3.63, 3.8) is 0 Å². The Morgan fingerprint density at radius 3 is 1.71 bits per heavy atom. The number of allylic oxidation sites excluding steroid dienone is 6. The second-order valence-corrected chi connectivity index (χ2v) is 16.8. The van der Waals surface area contributed by atoms with E-state index in [2.05, 4.69) is 55.6 Å². The van der Waals surface area contributed by atoms with Crippen molar-refractivity contribution in [3.05, 3.63) is 36.5 Å². The summed E-state index contributed by atoms with van der Waals surface area (Å²) in [5.74, 6) is -0.175. The smallest absolute Gasteiger partial charge is 0.391 e. The number of aliphatic hydroxyl groups excluding tert-OH is 1. The van der Waals surface area contributed by atoms with E-state index >= 15 is 0 Å². The quantitative estimate of drug-likeness (QED) is 0.0253. The normalized spacial score (nSPS) is 14.9. The zero-order chi connectivity index (χ0) is 37.9. The highest BCUT2D eigenvalue weighted by molar-refractivity contribution is 7.47. The second-order valence-electron chi connectivity index (χ2n) is 15.3. The Morgan fingerprint density at radius 2 is 1.18 bits per heavy atom. The van der Waals surface area contributed by atoms with Crippen LogP contribution in [0.4, 0.5) is 0 Å². The molecular weight excluding hydrogens is 659 g/mol. The molecule has 8 nitrogen and oxygen atoms in total. The molecule has 0 radical (unpaired) electrons. The van der Waals surface area contributed by atoms with Crippen LogP contribution in [0.15, 0.2) is 36.5 Å². The molecule has 3 unspecified atom stereocenters. The third kappa shape index (κ3) is 36.9. The number of nitrogens with one attached hydrogen (secondary N) is 1. The van der Waals surface area contributed by atoms with E-state index in [1.807, 2.05) is 21.1 Å². The molecule has 0 spiro atoms. The number of hydrogen-bond acceptors (Lipinski definition) is 5. The van der Waals surface area contributed by atoms with E-state index in [0.717, 1.165) is 64.2 Å². The van der Waals surface area contributed by atoms with Gasteiger partial charge in [-0.25, -0.2) is 4.57 Å². The standard InChI is InChI=1S/C42H81N2O6P/c1-6-8-10-12-14-16-18-20-21-22-24-25-27-29-31-33-35-41(45)40(39-50-51(47,48)49-38-37-44(3,4)5)43-42(46)36-34-32-30-28-26-23-19-17-15-13-11-9-7-2/h9,11,15,17,23,26,40-41,45H,6-8,10,12-14,16,18-22,24-25,27-39H2,1-5H3,(H-,43,46,47,48)/p+1/b11-9-,17-15-,26-23-. The van der Waals surface area contributed by atoms with E-state index in [4.69, 9.17) is 9.05 Å². The summed E-state index contributed by atoms with van der Waals surface area (Å²) >= 11 is 0. The fourth-order valence-corrected chi connectivity index (χ4v) is 6.56. The van der Waals surface area contributed by atoms with Gasteiger partial charge in [0, 0.05) is 6.42 Å². The van der Waals surface area contributed by atoms with Crippen molar-refractivity contribution < 1.29 is 32.9 Å². The average Bonchev–Trinajstić information content (AvgIpc) is 3.07. The van der Waals surface area contributed by atoms with Gasteiger partial charge in [-0.15, -0.1) is 0 Å². The van der Waals surface area contributed by atoms with Crippen LogP contribution in [0.1, 0.15) is 174 Å². The summed E-state index contributed by atoms with van der Waals surface area (Å²) in [4.78, 5) is 23.1. The predicted molar refractivity (Wildman–Crippen MR) is 217 cm³/mol. The fraction of sp³-hybridized carbons (Fsp3) is 0.833. The Labute approximate surface area is 315 Å². The molecule has 0 rings (SSSR count). The second kappa shape index (κ2) is 34.5. The van der Waals surface area contributed by atoms with E-state index < -0.39 is 20.0 Å². The lowest BCUT2D eigenvalue weighted by Gasteiger charge is -2.26. The summed E-state index contributed by atoms with van der Waals surface area (Å²) in [6.07, 6.45) is 40.3. The molecule has 0 aliphatic rings. The molecular formula is C42H82N2O6P+. The molecule has 3 N–H and O–H groups in total. The lowest BCUT2D eigenvalue weighted by Crippen LogP contribution is -2.46. The van der Waals surface area contributed by atoms with E-state index in [0.29, 0.717) is 23.9 Å². The van der Waals surface area contributed by atoms with Crippen molar-refractivity contribution in [2.24, 2.45) is 0 Å². The number of quaternary nitrogens is 1. The number of likely N-dealkylation sites (N-methyl/N-ethyl adjacent to an activating group) is 1. The summed E-state index contributed by atoms with van der Waals surface area (Å²) in [6, 6.07) is -0.773. The maximum atomic E-state index is 12.8. The maximum Gasteiger partial charge on any atom is 0.472 e. The zero-order valence-electron chi connectivity index (χ0n) is 33.8. The first-order valence-electron chi connectivity index (χ1n) is 20.9. The van der Waals surface area contributed by atoms with Crippen molar-refractivity contribution in [1.29, 1.82) is 0 Å². The van der Waals surface area contributed by atoms with Crippen LogP contribution in [0.3, 0.4) is 0 Å². The van der Waals surface area contributed by atoms with E-state index in [1.165, 1.54) is 83.5 Å². The summed E-state index contributed by atoms with van der Waals surface area (Å²) in [7, 11) is 1.59. The largest absolute Gasteiger partial charge is 0.472 e. The van der Waals surface area contributed by atoms with Crippen LogP contribution in [-0.2, 0) is 18.4 Å². The van der Waals surface area contributed by atoms with Gasteiger partial charge in [0.25, 0.3) is 0 Å². The number of rotatable bonds is 37. The molecule has 300 valence electrons. The molecule has 0 aromatic heterocycles. The summed E-state index contributed by atoms with van der Waals surface area (Å²) < 4.78 is 23.6. The van der Waals surface area contributed by atoms with E-state index in [-0.39, 0.29) is 19.1 Å². The Kier molecular flexibility index (Phi) is 33.6. The highest BCUT2D eigenvalue weighted by atomic mass is 31.2. The monoisotopic (exact) mass is 742 g/mol. The molecule has 0 aromatic carbocycles. The fourth-order valence-electron chi connectivity index (χ4n) is 5.82. The minimum Gasteiger partial charge on any atom is -0.391 e. The third-order valence-electron chi connectivity index (χ3n) is 9.15. The first-order chi connectivity index (χ1) is 24.5. The summed E-state index contributed by atoms with van der Waals surface area (Å²) in [5.41, 5.74) is 0. The van der Waals surface area contributed by atoms with Crippen LogP contribution >= 0.6 is 7.82 Å². The molecule has 0 saturated heterocycles. The molecule has 3 atom stereocenters. The molecule has 51 heavy (non-hydrogen) atoms. The van der Waals surface area contributed by atoms with Crippen LogP contribution in [0.25, 0.3) is 0 Å². The number of carbonyl (C=O) groups excluding carboxylic acids is 1. The Hall–Kier alpha value is -1.28. The van der Waals surface area contributed by atoms with Gasteiger partial charge in [-0.1, -0.05) is 159 Å². The van der Waals surface area contributed by atoms with Crippen LogP contribution in [0.5, 0.6) is 0 Å². The Morgan fingerprint density at radius 1 is 0.686 bits per heavy atom. The minimum atomic E-state index is -4.32. The van der Waals surface area contributed by atoms with Crippen molar-refractivity contribution in [1.82, 2.24) is 5.32 Å². The first-order valence-corrected chi connectivity index (χ1v) is 22.3. The molecule has 9 heteroatoms. The number of aliphatic hydroxyl groups is 1. The highest BCUT2D eigenvalue weighted by Gasteiger charge is 2.28. The molecule has 0 aliphatic heterocycles. The van der Waals surface area contributed by atoms with E-state index in [1.54, 1.807) is 0 Å². The van der Waals surface area contributed by atoms with Gasteiger partial charge < -0.3 is 19.8 Å². The molecule has 0 aromatic rings. The van der Waals surface area contributed by atoms with Crippen LogP contribution in [-0.4, -0.2) is 73.4 Å². The van der Waals surface area contributed by atoms with Gasteiger partial charge >= 0.3 is 7.82 Å². The van der Waals surface area contributed by atoms with Gasteiger partial charge in [-0.2, -0.15) is 0 Å². The van der Waals surface area contributed by atoms with Crippen LogP contribution in [0, 0.1) is 0 Å². The van der Waals surface area contributed by atoms with Gasteiger partial charge in [0.05, 0.1) is 39.9 Å². The number of carbonyl (C=O) groups is 1. The number of phosphoric ester groups is 1. The van der Waals surface area contributed by atoms with Crippen LogP contribution in [0.2, 0.25) is 0 Å². The third-order valence-corrected chi connectivity index (χ3v) is 10.1. The predicted octanol–water partition coefficient (Wildman–Crippen LogP) is 11.1. The summed E-state index contributed by atoms with van der Waals surface area (Å²) in [5, 5.41) is 13.9. The molecule has 0 heterocycles. The van der Waals surface area contributed by atoms with Crippen molar-refractivity contribution in [3.8, 4) is 0 Å². The van der Waals surface area contributed by atoms with Crippen molar-refractivity contribution in [2.75, 3.05) is 40.9 Å². The number of phosphoric acid groups is 1.